The standard InChI is InChI=1S/C27H34N4O4/c1-5-17(2)26(32)30-23-22-13-20(28-14-19-10-7-6-9-18(19)3)15-29-25(22)31(24(23)27(33)34-4)16-21-11-8-12-35-21/h6-7,9-10,13,15,17,21,28H,5,8,11-12,14,16H2,1-4H3,(H,30,32). The maximum Gasteiger partial charge on any atom is 0.356 e. The number of carbonyl (C=O) groups excluding carboxylic acids is 2. The van der Waals surface area contributed by atoms with Crippen molar-refractivity contribution in [3.63, 3.8) is 0 Å². The van der Waals surface area contributed by atoms with Crippen LogP contribution in [0, 0.1) is 12.8 Å². The number of nitrogens with one attached hydrogen (secondary N) is 2. The van der Waals surface area contributed by atoms with Gasteiger partial charge in [0, 0.05) is 24.5 Å². The summed E-state index contributed by atoms with van der Waals surface area (Å²) < 4.78 is 12.8. The van der Waals surface area contributed by atoms with Gasteiger partial charge >= 0.3 is 5.97 Å². The number of fused-ring (bicyclic) bond motifs is 1. The topological polar surface area (TPSA) is 94.5 Å². The molecule has 4 rings (SSSR count). The van der Waals surface area contributed by atoms with Crippen molar-refractivity contribution in [2.45, 2.75) is 59.2 Å². The molecule has 2 aromatic heterocycles. The van der Waals surface area contributed by atoms with E-state index < -0.39 is 5.97 Å². The Morgan fingerprint density at radius 1 is 1.31 bits per heavy atom. The predicted octanol–water partition coefficient (Wildman–Crippen LogP) is 4.91. The van der Waals surface area contributed by atoms with E-state index in [1.807, 2.05) is 36.6 Å². The fourth-order valence-electron chi connectivity index (χ4n) is 4.36. The number of hydrogen-bond donors (Lipinski definition) is 2. The van der Waals surface area contributed by atoms with Crippen molar-refractivity contribution >= 4 is 34.3 Å². The first kappa shape index (κ1) is 24.7. The Labute approximate surface area is 206 Å². The smallest absolute Gasteiger partial charge is 0.356 e. The summed E-state index contributed by atoms with van der Waals surface area (Å²) in [6, 6.07) is 10.1. The lowest BCUT2D eigenvalue weighted by Crippen LogP contribution is -2.23. The van der Waals surface area contributed by atoms with Gasteiger partial charge in [-0.2, -0.15) is 0 Å². The average molecular weight is 479 g/mol. The van der Waals surface area contributed by atoms with Crippen LogP contribution in [0.1, 0.15) is 54.7 Å². The largest absolute Gasteiger partial charge is 0.464 e. The summed E-state index contributed by atoms with van der Waals surface area (Å²) >= 11 is 0. The van der Waals surface area contributed by atoms with Gasteiger partial charge in [0.25, 0.3) is 0 Å². The number of carbonyl (C=O) groups is 2. The number of methoxy groups -OCH3 is 1. The van der Waals surface area contributed by atoms with Crippen LogP contribution in [0.25, 0.3) is 11.0 Å². The molecule has 2 unspecified atom stereocenters. The minimum atomic E-state index is -0.519. The Morgan fingerprint density at radius 3 is 2.80 bits per heavy atom. The lowest BCUT2D eigenvalue weighted by molar-refractivity contribution is -0.119. The van der Waals surface area contributed by atoms with Gasteiger partial charge in [0.05, 0.1) is 37.3 Å². The minimum Gasteiger partial charge on any atom is -0.464 e. The number of amides is 1. The van der Waals surface area contributed by atoms with Crippen LogP contribution < -0.4 is 10.6 Å². The first-order valence-electron chi connectivity index (χ1n) is 12.2. The number of benzene rings is 1. The van der Waals surface area contributed by atoms with E-state index in [9.17, 15) is 9.59 Å². The van der Waals surface area contributed by atoms with Crippen molar-refractivity contribution < 1.29 is 19.1 Å². The van der Waals surface area contributed by atoms with E-state index in [1.165, 1.54) is 18.2 Å². The van der Waals surface area contributed by atoms with E-state index in [4.69, 9.17) is 14.5 Å². The number of aryl methyl sites for hydroxylation is 1. The SMILES string of the molecule is CCC(C)C(=O)Nc1c(C(=O)OC)n(CC2CCCO2)c2ncc(NCc3ccccc3C)cc12. The highest BCUT2D eigenvalue weighted by Crippen LogP contribution is 2.34. The third-order valence-electron chi connectivity index (χ3n) is 6.74. The molecule has 1 saturated heterocycles. The summed E-state index contributed by atoms with van der Waals surface area (Å²) in [5.41, 5.74) is 4.52. The zero-order valence-electron chi connectivity index (χ0n) is 20.9. The minimum absolute atomic E-state index is 0.0206. The summed E-state index contributed by atoms with van der Waals surface area (Å²) in [6.07, 6.45) is 4.32. The molecule has 2 atom stereocenters. The Kier molecular flexibility index (Phi) is 7.70. The van der Waals surface area contributed by atoms with E-state index in [1.54, 1.807) is 6.20 Å². The first-order valence-corrected chi connectivity index (χ1v) is 12.2. The third-order valence-corrected chi connectivity index (χ3v) is 6.74. The Bertz CT molecular complexity index is 1210. The Morgan fingerprint density at radius 2 is 2.11 bits per heavy atom. The lowest BCUT2D eigenvalue weighted by atomic mass is 10.1. The van der Waals surface area contributed by atoms with Crippen molar-refractivity contribution in [1.82, 2.24) is 9.55 Å². The number of rotatable bonds is 9. The molecule has 3 heterocycles. The maximum absolute atomic E-state index is 13.0. The van der Waals surface area contributed by atoms with Crippen molar-refractivity contribution in [3.8, 4) is 0 Å². The second-order valence-electron chi connectivity index (χ2n) is 9.13. The molecule has 0 saturated carbocycles. The molecular formula is C27H34N4O4. The van der Waals surface area contributed by atoms with Gasteiger partial charge in [-0.15, -0.1) is 0 Å². The van der Waals surface area contributed by atoms with Gasteiger partial charge in [0.2, 0.25) is 5.91 Å². The number of aromatic nitrogens is 2. The molecule has 1 aliphatic rings. The van der Waals surface area contributed by atoms with E-state index in [0.29, 0.717) is 48.5 Å². The summed E-state index contributed by atoms with van der Waals surface area (Å²) in [4.78, 5) is 30.6. The highest BCUT2D eigenvalue weighted by Gasteiger charge is 2.29. The summed E-state index contributed by atoms with van der Waals surface area (Å²) in [6.45, 7) is 7.70. The van der Waals surface area contributed by atoms with Crippen molar-refractivity contribution in [3.05, 3.63) is 53.3 Å². The highest BCUT2D eigenvalue weighted by atomic mass is 16.5. The zero-order chi connectivity index (χ0) is 24.9. The fourth-order valence-corrected chi connectivity index (χ4v) is 4.36. The molecule has 0 radical (unpaired) electrons. The highest BCUT2D eigenvalue weighted by molar-refractivity contribution is 6.11. The molecule has 8 nitrogen and oxygen atoms in total. The molecule has 1 aromatic carbocycles. The van der Waals surface area contributed by atoms with Gasteiger partial charge in [-0.05, 0) is 43.4 Å². The molecule has 8 heteroatoms. The number of hydrogen-bond acceptors (Lipinski definition) is 6. The lowest BCUT2D eigenvalue weighted by Gasteiger charge is -2.15. The van der Waals surface area contributed by atoms with E-state index in [-0.39, 0.29) is 17.9 Å². The third kappa shape index (κ3) is 5.32. The van der Waals surface area contributed by atoms with Crippen molar-refractivity contribution in [1.29, 1.82) is 0 Å². The predicted molar refractivity (Wildman–Crippen MR) is 137 cm³/mol. The second-order valence-corrected chi connectivity index (χ2v) is 9.13. The number of anilines is 2. The first-order chi connectivity index (χ1) is 16.9. The second kappa shape index (κ2) is 10.9. The van der Waals surface area contributed by atoms with Gasteiger partial charge < -0.3 is 24.7 Å². The summed E-state index contributed by atoms with van der Waals surface area (Å²) in [7, 11) is 1.35. The van der Waals surface area contributed by atoms with Gasteiger partial charge in [-0.3, -0.25) is 4.79 Å². The fraction of sp³-hybridized carbons (Fsp3) is 0.444. The van der Waals surface area contributed by atoms with Gasteiger partial charge in [-0.1, -0.05) is 38.1 Å². The quantitative estimate of drug-likeness (QED) is 0.425. The van der Waals surface area contributed by atoms with E-state index >= 15 is 0 Å². The van der Waals surface area contributed by atoms with Crippen LogP contribution in [0.5, 0.6) is 0 Å². The van der Waals surface area contributed by atoms with Crippen LogP contribution >= 0.6 is 0 Å². The van der Waals surface area contributed by atoms with Crippen LogP contribution in [0.4, 0.5) is 11.4 Å². The molecule has 2 N–H and O–H groups in total. The van der Waals surface area contributed by atoms with Gasteiger partial charge in [0.1, 0.15) is 5.65 Å². The summed E-state index contributed by atoms with van der Waals surface area (Å²) in [5.74, 6) is -0.866. The molecule has 1 fully saturated rings. The monoisotopic (exact) mass is 478 g/mol. The maximum atomic E-state index is 13.0. The Hall–Kier alpha value is -3.39. The Balaban J connectivity index is 1.78. The molecule has 1 amide bonds. The van der Waals surface area contributed by atoms with Crippen LogP contribution in [-0.2, 0) is 27.4 Å². The number of pyridine rings is 1. The van der Waals surface area contributed by atoms with E-state index in [0.717, 1.165) is 18.5 Å². The molecule has 0 spiro atoms. The molecule has 1 aliphatic heterocycles. The van der Waals surface area contributed by atoms with Crippen LogP contribution in [0.3, 0.4) is 0 Å². The van der Waals surface area contributed by atoms with Gasteiger partial charge in [-0.25, -0.2) is 9.78 Å². The van der Waals surface area contributed by atoms with Crippen molar-refractivity contribution in [2.75, 3.05) is 24.4 Å². The molecule has 0 bridgehead atoms. The van der Waals surface area contributed by atoms with Crippen LogP contribution in [-0.4, -0.2) is 41.2 Å². The molecule has 0 aliphatic carbocycles. The van der Waals surface area contributed by atoms with Crippen molar-refractivity contribution in [2.24, 2.45) is 5.92 Å². The van der Waals surface area contributed by atoms with Crippen LogP contribution in [0.2, 0.25) is 0 Å². The molecule has 186 valence electrons. The number of ether oxygens (including phenoxy) is 2. The number of nitrogens with zero attached hydrogens (tertiary/aromatic N) is 2. The normalized spacial score (nSPS) is 16.3. The average Bonchev–Trinajstić information content (AvgIpc) is 3.49. The number of esters is 1. The summed E-state index contributed by atoms with van der Waals surface area (Å²) in [5, 5.41) is 7.12. The molecular weight excluding hydrogens is 444 g/mol. The molecule has 35 heavy (non-hydrogen) atoms. The molecule has 3 aromatic rings. The zero-order valence-corrected chi connectivity index (χ0v) is 20.9. The van der Waals surface area contributed by atoms with E-state index in [2.05, 4.69) is 29.7 Å². The van der Waals surface area contributed by atoms with Gasteiger partial charge in [0.15, 0.2) is 5.69 Å². The van der Waals surface area contributed by atoms with Crippen LogP contribution in [0.15, 0.2) is 36.5 Å².